The summed E-state index contributed by atoms with van der Waals surface area (Å²) < 4.78 is 0.943. The quantitative estimate of drug-likeness (QED) is 0.431. The molecule has 1 aliphatic heterocycles. The molecule has 1 fully saturated rings. The summed E-state index contributed by atoms with van der Waals surface area (Å²) in [5.74, 6) is -0.111. The van der Waals surface area contributed by atoms with Gasteiger partial charge < -0.3 is 25.8 Å². The molecule has 33 heavy (non-hydrogen) atoms. The van der Waals surface area contributed by atoms with E-state index in [1.807, 2.05) is 36.4 Å². The Balaban J connectivity index is 1.73. The van der Waals surface area contributed by atoms with Gasteiger partial charge in [0.05, 0.1) is 5.56 Å². The third kappa shape index (κ3) is 7.47. The molecule has 8 heteroatoms. The minimum absolute atomic E-state index is 0.111. The van der Waals surface area contributed by atoms with Crippen LogP contribution in [0, 0.1) is 0 Å². The molecule has 0 aliphatic carbocycles. The molecule has 2 aromatic rings. The fourth-order valence-corrected chi connectivity index (χ4v) is 4.26. The number of hydrogen-bond acceptors (Lipinski definition) is 4. The second-order valence-corrected chi connectivity index (χ2v) is 9.06. The molecule has 2 aromatic carbocycles. The third-order valence-electron chi connectivity index (χ3n) is 5.91. The summed E-state index contributed by atoms with van der Waals surface area (Å²) in [5.41, 5.74) is 2.79. The Labute approximate surface area is 205 Å². The highest BCUT2D eigenvalue weighted by molar-refractivity contribution is 9.10. The minimum atomic E-state index is -0.351. The molecule has 3 amide bonds. The second kappa shape index (κ2) is 12.6. The van der Waals surface area contributed by atoms with Gasteiger partial charge in [-0.3, -0.25) is 4.79 Å². The fourth-order valence-electron chi connectivity index (χ4n) is 4.00. The molecule has 0 saturated carbocycles. The molecule has 7 nitrogen and oxygen atoms in total. The predicted molar refractivity (Wildman–Crippen MR) is 139 cm³/mol. The summed E-state index contributed by atoms with van der Waals surface area (Å²) in [7, 11) is 0. The lowest BCUT2D eigenvalue weighted by Gasteiger charge is -2.30. The molecule has 0 bridgehead atoms. The Hall–Kier alpha value is -2.58. The van der Waals surface area contributed by atoms with Crippen LogP contribution in [-0.4, -0.2) is 56.1 Å². The van der Waals surface area contributed by atoms with Gasteiger partial charge in [-0.1, -0.05) is 29.8 Å². The predicted octanol–water partition coefficient (Wildman–Crippen LogP) is 5.16. The van der Waals surface area contributed by atoms with E-state index in [2.05, 4.69) is 55.5 Å². The fraction of sp³-hybridized carbons (Fsp3) is 0.440. The SMILES string of the molecule is CCN(CC)CCNC(=O)c1cc(NC(=O)Nc2ccc(Br)cc2)ccc1N1CCCCC1. The number of likely N-dealkylation sites (N-methyl/N-ethyl adjacent to an activating group) is 1. The van der Waals surface area contributed by atoms with Crippen LogP contribution in [0.3, 0.4) is 0 Å². The summed E-state index contributed by atoms with van der Waals surface area (Å²) in [6, 6.07) is 12.6. The number of nitrogens with zero attached hydrogens (tertiary/aromatic N) is 2. The first-order valence-corrected chi connectivity index (χ1v) is 12.5. The Morgan fingerprint density at radius 1 is 0.939 bits per heavy atom. The lowest BCUT2D eigenvalue weighted by Crippen LogP contribution is -2.36. The minimum Gasteiger partial charge on any atom is -0.371 e. The van der Waals surface area contributed by atoms with Gasteiger partial charge in [0.1, 0.15) is 0 Å². The van der Waals surface area contributed by atoms with Gasteiger partial charge in [0.15, 0.2) is 0 Å². The summed E-state index contributed by atoms with van der Waals surface area (Å²) in [6.45, 7) is 9.43. The van der Waals surface area contributed by atoms with E-state index in [1.54, 1.807) is 6.07 Å². The highest BCUT2D eigenvalue weighted by Crippen LogP contribution is 2.27. The van der Waals surface area contributed by atoms with Crippen molar-refractivity contribution in [1.82, 2.24) is 10.2 Å². The van der Waals surface area contributed by atoms with Gasteiger partial charge in [0.2, 0.25) is 0 Å². The standard InChI is InChI=1S/C25H34BrN5O2/c1-3-30(4-2)17-14-27-24(32)22-18-21(12-13-23(22)31-15-6-5-7-16-31)29-25(33)28-20-10-8-19(26)9-11-20/h8-13,18H,3-7,14-17H2,1-2H3,(H,27,32)(H2,28,29,33). The van der Waals surface area contributed by atoms with Crippen LogP contribution >= 0.6 is 15.9 Å². The van der Waals surface area contributed by atoms with Crippen LogP contribution in [0.2, 0.25) is 0 Å². The first-order valence-electron chi connectivity index (χ1n) is 11.7. The van der Waals surface area contributed by atoms with Gasteiger partial charge in [-0.25, -0.2) is 4.79 Å². The van der Waals surface area contributed by atoms with E-state index in [4.69, 9.17) is 0 Å². The number of benzene rings is 2. The van der Waals surface area contributed by atoms with E-state index in [1.165, 1.54) is 6.42 Å². The van der Waals surface area contributed by atoms with Crippen LogP contribution in [0.15, 0.2) is 46.9 Å². The third-order valence-corrected chi connectivity index (χ3v) is 6.43. The molecular formula is C25H34BrN5O2. The molecule has 3 N–H and O–H groups in total. The van der Waals surface area contributed by atoms with Crippen molar-refractivity contribution < 1.29 is 9.59 Å². The first-order chi connectivity index (χ1) is 16.0. The number of carbonyl (C=O) groups is 2. The Morgan fingerprint density at radius 3 is 2.24 bits per heavy atom. The van der Waals surface area contributed by atoms with Crippen molar-refractivity contribution >= 4 is 44.9 Å². The van der Waals surface area contributed by atoms with Crippen LogP contribution in [0.1, 0.15) is 43.5 Å². The summed E-state index contributed by atoms with van der Waals surface area (Å²) >= 11 is 3.39. The molecule has 1 saturated heterocycles. The maximum atomic E-state index is 13.1. The van der Waals surface area contributed by atoms with Crippen LogP contribution in [0.25, 0.3) is 0 Å². The molecule has 0 spiro atoms. The van der Waals surface area contributed by atoms with E-state index < -0.39 is 0 Å². The van der Waals surface area contributed by atoms with Crippen LogP contribution < -0.4 is 20.9 Å². The average molecular weight is 516 g/mol. The molecule has 0 aromatic heterocycles. The van der Waals surface area contributed by atoms with Crippen molar-refractivity contribution in [2.75, 3.05) is 54.8 Å². The van der Waals surface area contributed by atoms with Gasteiger partial charge in [-0.05, 0) is 74.8 Å². The number of rotatable bonds is 9. The van der Waals surface area contributed by atoms with Crippen molar-refractivity contribution in [3.8, 4) is 0 Å². The zero-order chi connectivity index (χ0) is 23.6. The van der Waals surface area contributed by atoms with Gasteiger partial charge in [0, 0.05) is 47.7 Å². The van der Waals surface area contributed by atoms with Gasteiger partial charge >= 0.3 is 6.03 Å². The number of nitrogens with one attached hydrogen (secondary N) is 3. The number of anilines is 3. The molecule has 0 atom stereocenters. The second-order valence-electron chi connectivity index (χ2n) is 8.15. The normalized spacial score (nSPS) is 13.6. The maximum Gasteiger partial charge on any atom is 0.323 e. The number of amides is 3. The Bertz CT molecular complexity index is 925. The van der Waals surface area contributed by atoms with E-state index in [-0.39, 0.29) is 11.9 Å². The molecule has 0 unspecified atom stereocenters. The number of halogens is 1. The number of hydrogen-bond donors (Lipinski definition) is 3. The molecule has 3 rings (SSSR count). The van der Waals surface area contributed by atoms with E-state index >= 15 is 0 Å². The summed E-state index contributed by atoms with van der Waals surface area (Å²) in [5, 5.41) is 8.73. The lowest BCUT2D eigenvalue weighted by molar-refractivity contribution is 0.0949. The summed E-state index contributed by atoms with van der Waals surface area (Å²) in [6.07, 6.45) is 3.47. The molecule has 0 radical (unpaired) electrons. The molecular weight excluding hydrogens is 482 g/mol. The van der Waals surface area contributed by atoms with Crippen molar-refractivity contribution in [1.29, 1.82) is 0 Å². The zero-order valence-corrected chi connectivity index (χ0v) is 21.1. The van der Waals surface area contributed by atoms with Gasteiger partial charge in [0.25, 0.3) is 5.91 Å². The number of urea groups is 1. The van der Waals surface area contributed by atoms with E-state index in [0.29, 0.717) is 23.5 Å². The average Bonchev–Trinajstić information content (AvgIpc) is 2.83. The lowest BCUT2D eigenvalue weighted by atomic mass is 10.1. The van der Waals surface area contributed by atoms with E-state index in [0.717, 1.165) is 55.7 Å². The van der Waals surface area contributed by atoms with Crippen molar-refractivity contribution in [3.63, 3.8) is 0 Å². The molecule has 1 aliphatic rings. The van der Waals surface area contributed by atoms with Gasteiger partial charge in [-0.15, -0.1) is 0 Å². The van der Waals surface area contributed by atoms with Crippen molar-refractivity contribution in [2.24, 2.45) is 0 Å². The monoisotopic (exact) mass is 515 g/mol. The Morgan fingerprint density at radius 2 is 1.58 bits per heavy atom. The molecule has 178 valence electrons. The number of carbonyl (C=O) groups excluding carboxylic acids is 2. The largest absolute Gasteiger partial charge is 0.371 e. The Kier molecular flexibility index (Phi) is 9.57. The van der Waals surface area contributed by atoms with Gasteiger partial charge in [-0.2, -0.15) is 0 Å². The zero-order valence-electron chi connectivity index (χ0n) is 19.5. The van der Waals surface area contributed by atoms with Crippen LogP contribution in [0.4, 0.5) is 21.9 Å². The highest BCUT2D eigenvalue weighted by atomic mass is 79.9. The maximum absolute atomic E-state index is 13.1. The first kappa shape index (κ1) is 25.1. The topological polar surface area (TPSA) is 76.7 Å². The van der Waals surface area contributed by atoms with E-state index in [9.17, 15) is 9.59 Å². The molecule has 1 heterocycles. The smallest absolute Gasteiger partial charge is 0.323 e. The van der Waals surface area contributed by atoms with Crippen molar-refractivity contribution in [2.45, 2.75) is 33.1 Å². The van der Waals surface area contributed by atoms with Crippen molar-refractivity contribution in [3.05, 3.63) is 52.5 Å². The highest BCUT2D eigenvalue weighted by Gasteiger charge is 2.20. The van der Waals surface area contributed by atoms with Crippen LogP contribution in [-0.2, 0) is 0 Å². The number of piperidine rings is 1. The summed E-state index contributed by atoms with van der Waals surface area (Å²) in [4.78, 5) is 30.2. The van der Waals surface area contributed by atoms with Crippen LogP contribution in [0.5, 0.6) is 0 Å².